The van der Waals surface area contributed by atoms with Crippen LogP contribution in [0.15, 0.2) is 46.4 Å². The number of carbonyl (C=O) groups excluding carboxylic acids is 2. The van der Waals surface area contributed by atoms with Crippen molar-refractivity contribution in [3.63, 3.8) is 0 Å². The lowest BCUT2D eigenvalue weighted by Gasteiger charge is -2.02. The summed E-state index contributed by atoms with van der Waals surface area (Å²) >= 11 is 1.30. The SMILES string of the molecule is O=C1C(=Cc2cc3sc(-c4ccccc4)nc3o2)C(=O)c2c(F)c(F)c(F)c(F)c21. The molecule has 5 rings (SSSR count). The first-order valence-electron chi connectivity index (χ1n) is 8.49. The topological polar surface area (TPSA) is 60.2 Å². The van der Waals surface area contributed by atoms with E-state index < -0.39 is 51.5 Å². The fraction of sp³-hybridized carbons (Fsp3) is 0. The van der Waals surface area contributed by atoms with Gasteiger partial charge >= 0.3 is 0 Å². The van der Waals surface area contributed by atoms with Crippen LogP contribution in [0.5, 0.6) is 0 Å². The van der Waals surface area contributed by atoms with Crippen molar-refractivity contribution < 1.29 is 31.6 Å². The molecular weight excluding hydrogens is 422 g/mol. The van der Waals surface area contributed by atoms with Crippen LogP contribution in [0.1, 0.15) is 26.5 Å². The molecule has 0 fully saturated rings. The highest BCUT2D eigenvalue weighted by Crippen LogP contribution is 2.36. The summed E-state index contributed by atoms with van der Waals surface area (Å²) < 4.78 is 61.1. The first-order chi connectivity index (χ1) is 14.4. The number of fused-ring (bicyclic) bond motifs is 2. The molecule has 30 heavy (non-hydrogen) atoms. The van der Waals surface area contributed by atoms with E-state index in [0.29, 0.717) is 9.71 Å². The molecule has 0 bridgehead atoms. The summed E-state index contributed by atoms with van der Waals surface area (Å²) in [6.07, 6.45) is 0.982. The Morgan fingerprint density at radius 3 is 2.03 bits per heavy atom. The van der Waals surface area contributed by atoms with Gasteiger partial charge in [0.15, 0.2) is 23.3 Å². The van der Waals surface area contributed by atoms with Crippen LogP contribution in [-0.4, -0.2) is 16.6 Å². The minimum atomic E-state index is -2.15. The highest BCUT2D eigenvalue weighted by molar-refractivity contribution is 7.21. The Hall–Kier alpha value is -3.59. The largest absolute Gasteiger partial charge is 0.437 e. The van der Waals surface area contributed by atoms with Gasteiger partial charge in [-0.2, -0.15) is 0 Å². The molecule has 0 radical (unpaired) electrons. The molecule has 0 saturated carbocycles. The molecule has 0 amide bonds. The second kappa shape index (κ2) is 6.46. The van der Waals surface area contributed by atoms with Crippen LogP contribution in [0.3, 0.4) is 0 Å². The molecule has 2 aromatic heterocycles. The van der Waals surface area contributed by atoms with Crippen LogP contribution >= 0.6 is 11.3 Å². The first-order valence-corrected chi connectivity index (χ1v) is 9.31. The Balaban J connectivity index is 1.57. The second-order valence-corrected chi connectivity index (χ2v) is 7.46. The van der Waals surface area contributed by atoms with E-state index in [1.807, 2.05) is 30.3 Å². The van der Waals surface area contributed by atoms with Gasteiger partial charge in [-0.05, 0) is 6.08 Å². The third-order valence-electron chi connectivity index (χ3n) is 4.63. The van der Waals surface area contributed by atoms with Crippen molar-refractivity contribution >= 4 is 39.4 Å². The van der Waals surface area contributed by atoms with Crippen LogP contribution in [0.2, 0.25) is 0 Å². The van der Waals surface area contributed by atoms with Crippen LogP contribution < -0.4 is 0 Å². The molecule has 0 saturated heterocycles. The Morgan fingerprint density at radius 1 is 0.867 bits per heavy atom. The van der Waals surface area contributed by atoms with Gasteiger partial charge in [0.2, 0.25) is 17.3 Å². The number of benzene rings is 2. The summed E-state index contributed by atoms with van der Waals surface area (Å²) in [5.74, 6) is -10.6. The second-order valence-electron chi connectivity index (χ2n) is 6.43. The summed E-state index contributed by atoms with van der Waals surface area (Å²) in [5.41, 5.74) is -1.78. The maximum atomic E-state index is 14.0. The number of allylic oxidation sites excluding steroid dienone is 1. The number of furan rings is 1. The van der Waals surface area contributed by atoms with Gasteiger partial charge in [0.05, 0.1) is 21.4 Å². The van der Waals surface area contributed by atoms with Crippen LogP contribution in [-0.2, 0) is 0 Å². The number of hydrogen-bond donors (Lipinski definition) is 0. The van der Waals surface area contributed by atoms with E-state index in [-0.39, 0.29) is 11.5 Å². The molecule has 0 atom stereocenters. The van der Waals surface area contributed by atoms with Crippen molar-refractivity contribution in [1.82, 2.24) is 4.98 Å². The number of carbonyl (C=O) groups is 2. The number of halogens is 4. The average molecular weight is 429 g/mol. The summed E-state index contributed by atoms with van der Waals surface area (Å²) in [6.45, 7) is 0. The number of nitrogens with zero attached hydrogens (tertiary/aromatic N) is 1. The smallest absolute Gasteiger partial charge is 0.238 e. The van der Waals surface area contributed by atoms with Gasteiger partial charge in [0.1, 0.15) is 10.8 Å². The van der Waals surface area contributed by atoms with E-state index in [2.05, 4.69) is 4.98 Å². The predicted octanol–water partition coefficient (Wildman–Crippen LogP) is 5.58. The number of hydrogen-bond acceptors (Lipinski definition) is 5. The number of Topliss-reactive ketones (excluding diaryl/α,β-unsaturated/α-hetero) is 2. The van der Waals surface area contributed by atoms with E-state index in [1.165, 1.54) is 17.4 Å². The molecule has 0 spiro atoms. The fourth-order valence-corrected chi connectivity index (χ4v) is 4.17. The van der Waals surface area contributed by atoms with Gasteiger partial charge in [-0.1, -0.05) is 30.3 Å². The minimum Gasteiger partial charge on any atom is -0.437 e. The zero-order valence-corrected chi connectivity index (χ0v) is 15.5. The molecule has 9 heteroatoms. The molecule has 0 unspecified atom stereocenters. The van der Waals surface area contributed by atoms with Gasteiger partial charge in [0, 0.05) is 11.6 Å². The predicted molar refractivity (Wildman–Crippen MR) is 100 cm³/mol. The molecule has 2 heterocycles. The number of ketones is 2. The maximum absolute atomic E-state index is 14.0. The Kier molecular flexibility index (Phi) is 3.97. The molecule has 0 aliphatic heterocycles. The lowest BCUT2D eigenvalue weighted by atomic mass is 10.1. The molecule has 4 aromatic rings. The molecule has 4 nitrogen and oxygen atoms in total. The molecule has 148 valence electrons. The maximum Gasteiger partial charge on any atom is 0.238 e. The van der Waals surface area contributed by atoms with Crippen LogP contribution in [0, 0.1) is 23.3 Å². The van der Waals surface area contributed by atoms with E-state index in [9.17, 15) is 27.2 Å². The van der Waals surface area contributed by atoms with E-state index >= 15 is 0 Å². The lowest BCUT2D eigenvalue weighted by molar-refractivity contribution is 0.0988. The highest BCUT2D eigenvalue weighted by Gasteiger charge is 2.42. The lowest BCUT2D eigenvalue weighted by Crippen LogP contribution is -2.07. The zero-order chi connectivity index (χ0) is 21.2. The van der Waals surface area contributed by atoms with Crippen molar-refractivity contribution in [2.24, 2.45) is 0 Å². The number of thiazole rings is 1. The third-order valence-corrected chi connectivity index (χ3v) is 5.66. The molecule has 1 aliphatic rings. The summed E-state index contributed by atoms with van der Waals surface area (Å²) in [7, 11) is 0. The molecule has 1 aliphatic carbocycles. The zero-order valence-electron chi connectivity index (χ0n) is 14.6. The van der Waals surface area contributed by atoms with Crippen molar-refractivity contribution in [3.05, 3.63) is 82.1 Å². The Labute approximate surface area is 169 Å². The summed E-state index contributed by atoms with van der Waals surface area (Å²) in [6, 6.07) is 10.8. The summed E-state index contributed by atoms with van der Waals surface area (Å²) in [4.78, 5) is 29.1. The van der Waals surface area contributed by atoms with Crippen molar-refractivity contribution in [1.29, 1.82) is 0 Å². The Bertz CT molecular complexity index is 1340. The number of rotatable bonds is 2. The normalized spacial score (nSPS) is 13.4. The fourth-order valence-electron chi connectivity index (χ4n) is 3.23. The van der Waals surface area contributed by atoms with E-state index in [0.717, 1.165) is 11.6 Å². The van der Waals surface area contributed by atoms with E-state index in [4.69, 9.17) is 4.42 Å². The van der Waals surface area contributed by atoms with Crippen molar-refractivity contribution in [2.75, 3.05) is 0 Å². The van der Waals surface area contributed by atoms with Gasteiger partial charge in [-0.3, -0.25) is 9.59 Å². The molecular formula is C21H7F4NO3S. The Morgan fingerprint density at radius 2 is 1.47 bits per heavy atom. The quantitative estimate of drug-likeness (QED) is 0.137. The monoisotopic (exact) mass is 429 g/mol. The highest BCUT2D eigenvalue weighted by atomic mass is 32.1. The standard InChI is InChI=1S/C21H7F4NO3S/c22-14-12-13(15(23)17(25)16(14)24)19(28)10(18(12)27)6-9-7-11-20(29-9)26-21(30-11)8-4-2-1-3-5-8/h1-7H. The van der Waals surface area contributed by atoms with Gasteiger partial charge in [-0.25, -0.2) is 22.5 Å². The average Bonchev–Trinajstić information content (AvgIpc) is 3.38. The van der Waals surface area contributed by atoms with Crippen molar-refractivity contribution in [3.8, 4) is 10.6 Å². The van der Waals surface area contributed by atoms with Crippen molar-refractivity contribution in [2.45, 2.75) is 0 Å². The van der Waals surface area contributed by atoms with Crippen LogP contribution in [0.25, 0.3) is 27.1 Å². The van der Waals surface area contributed by atoms with Crippen LogP contribution in [0.4, 0.5) is 17.6 Å². The van der Waals surface area contributed by atoms with Gasteiger partial charge in [0.25, 0.3) is 0 Å². The third kappa shape index (κ3) is 2.55. The number of aromatic nitrogens is 1. The molecule has 2 aromatic carbocycles. The first kappa shape index (κ1) is 18.4. The van der Waals surface area contributed by atoms with Gasteiger partial charge in [-0.15, -0.1) is 11.3 Å². The van der Waals surface area contributed by atoms with Gasteiger partial charge < -0.3 is 4.42 Å². The summed E-state index contributed by atoms with van der Waals surface area (Å²) in [5, 5.41) is 0.694. The minimum absolute atomic E-state index is 0.0367. The molecule has 0 N–H and O–H groups in total. The van der Waals surface area contributed by atoms with E-state index in [1.54, 1.807) is 0 Å².